The molecule has 14 heavy (non-hydrogen) atoms. The zero-order valence-corrected chi connectivity index (χ0v) is 8.23. The van der Waals surface area contributed by atoms with Crippen molar-refractivity contribution in [2.24, 2.45) is 0 Å². The smallest absolute Gasteiger partial charge is 0.198 e. The van der Waals surface area contributed by atoms with Crippen molar-refractivity contribution in [3.05, 3.63) is 29.8 Å². The molecule has 0 atom stereocenters. The highest BCUT2D eigenvalue weighted by Gasteiger charge is 2.04. The Hall–Kier alpha value is -1.08. The van der Waals surface area contributed by atoms with Gasteiger partial charge in [-0.15, -0.1) is 0 Å². The van der Waals surface area contributed by atoms with Crippen LogP contribution >= 0.6 is 11.8 Å². The molecule has 0 spiro atoms. The Labute approximate surface area is 85.7 Å². The zero-order chi connectivity index (χ0) is 10.4. The molecule has 1 rings (SSSR count). The van der Waals surface area contributed by atoms with Crippen LogP contribution in [0.15, 0.2) is 29.2 Å². The van der Waals surface area contributed by atoms with Gasteiger partial charge < -0.3 is 0 Å². The summed E-state index contributed by atoms with van der Waals surface area (Å²) in [5.74, 6) is -2.38. The number of thioether (sulfide) groups is 1. The van der Waals surface area contributed by atoms with Crippen molar-refractivity contribution in [3.8, 4) is 6.07 Å². The number of halogens is 2. The van der Waals surface area contributed by atoms with Crippen molar-refractivity contribution in [1.82, 2.24) is 0 Å². The average molecular weight is 213 g/mol. The van der Waals surface area contributed by atoms with E-state index in [4.69, 9.17) is 5.26 Å². The highest BCUT2D eigenvalue weighted by Crippen LogP contribution is 2.25. The first kappa shape index (κ1) is 11.0. The van der Waals surface area contributed by atoms with Crippen LogP contribution in [0.4, 0.5) is 8.78 Å². The summed E-state index contributed by atoms with van der Waals surface area (Å²) in [7, 11) is 0. The summed E-state index contributed by atoms with van der Waals surface area (Å²) >= 11 is 0.533. The van der Waals surface area contributed by atoms with E-state index in [9.17, 15) is 8.78 Å². The van der Waals surface area contributed by atoms with Crippen LogP contribution in [0.3, 0.4) is 0 Å². The summed E-state index contributed by atoms with van der Waals surface area (Å²) in [6.07, 6.45) is 1.14. The summed E-state index contributed by atoms with van der Waals surface area (Å²) in [6.45, 7) is 0. The van der Waals surface area contributed by atoms with Crippen LogP contribution in [0, 0.1) is 11.3 Å². The second-order valence-electron chi connectivity index (χ2n) is 2.68. The Kier molecular flexibility index (Phi) is 4.41. The lowest BCUT2D eigenvalue weighted by molar-refractivity contribution is 0.252. The molecule has 0 saturated heterocycles. The molecule has 0 amide bonds. The van der Waals surface area contributed by atoms with Gasteiger partial charge in [0.15, 0.2) is 0 Å². The molecule has 0 unspecified atom stereocenters. The van der Waals surface area contributed by atoms with Gasteiger partial charge in [0, 0.05) is 11.3 Å². The maximum atomic E-state index is 11.9. The second-order valence-corrected chi connectivity index (χ2v) is 3.74. The fourth-order valence-electron chi connectivity index (χ4n) is 1.04. The molecule has 4 heteroatoms. The van der Waals surface area contributed by atoms with E-state index in [2.05, 4.69) is 0 Å². The SMILES string of the molecule is N#CCCc1ccc(SC(F)F)cc1. The van der Waals surface area contributed by atoms with Crippen LogP contribution in [-0.4, -0.2) is 5.76 Å². The van der Waals surface area contributed by atoms with Crippen LogP contribution in [0.2, 0.25) is 0 Å². The molecule has 0 saturated carbocycles. The Morgan fingerprint density at radius 2 is 1.93 bits per heavy atom. The van der Waals surface area contributed by atoms with Crippen molar-refractivity contribution < 1.29 is 8.78 Å². The van der Waals surface area contributed by atoms with Crippen LogP contribution in [0.25, 0.3) is 0 Å². The van der Waals surface area contributed by atoms with E-state index in [1.807, 2.05) is 6.07 Å². The highest BCUT2D eigenvalue weighted by atomic mass is 32.2. The van der Waals surface area contributed by atoms with Gasteiger partial charge in [0.25, 0.3) is 5.76 Å². The van der Waals surface area contributed by atoms with Crippen molar-refractivity contribution in [3.63, 3.8) is 0 Å². The summed E-state index contributed by atoms with van der Waals surface area (Å²) in [6, 6.07) is 8.91. The molecule has 0 bridgehead atoms. The molecule has 0 aliphatic rings. The van der Waals surface area contributed by atoms with Gasteiger partial charge in [-0.05, 0) is 24.1 Å². The van der Waals surface area contributed by atoms with Gasteiger partial charge >= 0.3 is 0 Å². The lowest BCUT2D eigenvalue weighted by Gasteiger charge is -2.01. The van der Waals surface area contributed by atoms with Crippen LogP contribution in [0.5, 0.6) is 0 Å². The van der Waals surface area contributed by atoms with Gasteiger partial charge in [0.05, 0.1) is 6.07 Å². The average Bonchev–Trinajstić information content (AvgIpc) is 2.16. The molecule has 0 aliphatic carbocycles. The Bertz CT molecular complexity index is 316. The summed E-state index contributed by atoms with van der Waals surface area (Å²) in [4.78, 5) is 0.556. The molecular weight excluding hydrogens is 204 g/mol. The first-order valence-corrected chi connectivity index (χ1v) is 5.01. The largest absolute Gasteiger partial charge is 0.288 e. The van der Waals surface area contributed by atoms with Crippen molar-refractivity contribution in [1.29, 1.82) is 5.26 Å². The Balaban J connectivity index is 2.56. The van der Waals surface area contributed by atoms with Crippen LogP contribution in [0.1, 0.15) is 12.0 Å². The molecule has 0 radical (unpaired) electrons. The fourth-order valence-corrected chi connectivity index (χ4v) is 1.54. The maximum Gasteiger partial charge on any atom is 0.288 e. The summed E-state index contributed by atoms with van der Waals surface area (Å²) in [5.41, 5.74) is 1.00. The third-order valence-corrected chi connectivity index (χ3v) is 2.40. The highest BCUT2D eigenvalue weighted by molar-refractivity contribution is 7.99. The summed E-state index contributed by atoms with van der Waals surface area (Å²) in [5, 5.41) is 8.35. The number of hydrogen-bond acceptors (Lipinski definition) is 2. The molecule has 1 nitrogen and oxygen atoms in total. The van der Waals surface area contributed by atoms with E-state index >= 15 is 0 Å². The number of alkyl halides is 2. The number of nitriles is 1. The van der Waals surface area contributed by atoms with Gasteiger partial charge in [-0.3, -0.25) is 0 Å². The Morgan fingerprint density at radius 3 is 2.43 bits per heavy atom. The molecule has 0 aliphatic heterocycles. The first-order valence-electron chi connectivity index (χ1n) is 4.13. The summed E-state index contributed by atoms with van der Waals surface area (Å²) < 4.78 is 23.9. The Morgan fingerprint density at radius 1 is 1.29 bits per heavy atom. The van der Waals surface area contributed by atoms with E-state index in [1.54, 1.807) is 24.3 Å². The van der Waals surface area contributed by atoms with Crippen molar-refractivity contribution in [2.75, 3.05) is 0 Å². The molecule has 1 aromatic rings. The molecule has 74 valence electrons. The van der Waals surface area contributed by atoms with E-state index in [0.29, 0.717) is 29.5 Å². The minimum atomic E-state index is -2.38. The first-order chi connectivity index (χ1) is 6.72. The molecular formula is C10H9F2NS. The molecule has 0 N–H and O–H groups in total. The lowest BCUT2D eigenvalue weighted by atomic mass is 10.1. The maximum absolute atomic E-state index is 11.9. The molecule has 0 heterocycles. The predicted octanol–water partition coefficient (Wildman–Crippen LogP) is 3.46. The monoisotopic (exact) mass is 213 g/mol. The van der Waals surface area contributed by atoms with E-state index in [0.717, 1.165) is 5.56 Å². The minimum absolute atomic E-state index is 0.460. The number of nitrogens with zero attached hydrogens (tertiary/aromatic N) is 1. The number of rotatable bonds is 4. The standard InChI is InChI=1S/C10H9F2NS/c11-10(12)14-9-5-3-8(4-6-9)2-1-7-13/h3-6,10H,1-2H2. The van der Waals surface area contributed by atoms with Gasteiger partial charge in [-0.1, -0.05) is 23.9 Å². The van der Waals surface area contributed by atoms with E-state index in [-0.39, 0.29) is 0 Å². The predicted molar refractivity (Wildman–Crippen MR) is 52.2 cm³/mol. The molecule has 0 aromatic heterocycles. The molecule has 0 fully saturated rings. The third-order valence-electron chi connectivity index (χ3n) is 1.67. The van der Waals surface area contributed by atoms with Gasteiger partial charge in [0.2, 0.25) is 0 Å². The van der Waals surface area contributed by atoms with Gasteiger partial charge in [0.1, 0.15) is 0 Å². The normalized spacial score (nSPS) is 10.1. The number of hydrogen-bond donors (Lipinski definition) is 0. The lowest BCUT2D eigenvalue weighted by Crippen LogP contribution is -1.85. The zero-order valence-electron chi connectivity index (χ0n) is 7.41. The van der Waals surface area contributed by atoms with Crippen LogP contribution < -0.4 is 0 Å². The van der Waals surface area contributed by atoms with Crippen LogP contribution in [-0.2, 0) is 6.42 Å². The second kappa shape index (κ2) is 5.61. The van der Waals surface area contributed by atoms with Gasteiger partial charge in [-0.2, -0.15) is 14.0 Å². The third kappa shape index (κ3) is 3.75. The fraction of sp³-hybridized carbons (Fsp3) is 0.300. The number of aryl methyl sites for hydroxylation is 1. The minimum Gasteiger partial charge on any atom is -0.198 e. The number of benzene rings is 1. The van der Waals surface area contributed by atoms with Crippen molar-refractivity contribution in [2.45, 2.75) is 23.5 Å². The van der Waals surface area contributed by atoms with Crippen molar-refractivity contribution >= 4 is 11.8 Å². The molecule has 1 aromatic carbocycles. The van der Waals surface area contributed by atoms with E-state index < -0.39 is 5.76 Å². The van der Waals surface area contributed by atoms with Gasteiger partial charge in [-0.25, -0.2) is 0 Å². The topological polar surface area (TPSA) is 23.8 Å². The van der Waals surface area contributed by atoms with E-state index in [1.165, 1.54) is 0 Å². The quantitative estimate of drug-likeness (QED) is 0.715.